The van der Waals surface area contributed by atoms with Crippen LogP contribution >= 0.6 is 11.3 Å². The highest BCUT2D eigenvalue weighted by Gasteiger charge is 2.24. The zero-order valence-electron chi connectivity index (χ0n) is 21.2. The third-order valence-corrected chi connectivity index (χ3v) is 9.18. The summed E-state index contributed by atoms with van der Waals surface area (Å²) in [5.74, 6) is 0. The van der Waals surface area contributed by atoms with Gasteiger partial charge in [0.05, 0.1) is 22.4 Å². The Labute approximate surface area is 230 Å². The molecule has 2 aromatic heterocycles. The number of hydrogen-bond acceptors (Lipinski definition) is 3. The number of nitrogens with zero attached hydrogens (tertiary/aromatic N) is 1. The molecule has 0 saturated carbocycles. The lowest BCUT2D eigenvalue weighted by Gasteiger charge is -2.20. The van der Waals surface area contributed by atoms with Crippen LogP contribution in [-0.4, -0.2) is 10.4 Å². The van der Waals surface area contributed by atoms with Crippen LogP contribution in [0.5, 0.6) is 0 Å². The number of benzene rings is 4. The van der Waals surface area contributed by atoms with E-state index in [0.717, 1.165) is 35.2 Å². The number of fused-ring (bicyclic) bond motifs is 10. The van der Waals surface area contributed by atoms with Gasteiger partial charge in [-0.3, -0.25) is 10.1 Å². The summed E-state index contributed by atoms with van der Waals surface area (Å²) in [5, 5.41) is 15.2. The largest absolute Gasteiger partial charge is 0.300 e. The van der Waals surface area contributed by atoms with E-state index < -0.39 is 0 Å². The van der Waals surface area contributed by atoms with Crippen LogP contribution < -0.4 is 5.43 Å². The van der Waals surface area contributed by atoms with Gasteiger partial charge >= 0.3 is 0 Å². The first-order valence-electron chi connectivity index (χ1n) is 13.4. The van der Waals surface area contributed by atoms with Gasteiger partial charge < -0.3 is 5.41 Å². The lowest BCUT2D eigenvalue weighted by atomic mass is 9.96. The fourth-order valence-electron chi connectivity index (χ4n) is 6.16. The van der Waals surface area contributed by atoms with E-state index in [4.69, 9.17) is 5.41 Å². The van der Waals surface area contributed by atoms with Crippen LogP contribution in [-0.2, 0) is 6.42 Å². The Morgan fingerprint density at radius 2 is 1.51 bits per heavy atom. The molecule has 2 aliphatic carbocycles. The maximum absolute atomic E-state index is 8.75. The minimum atomic E-state index is 0.494. The first kappa shape index (κ1) is 22.3. The molecule has 2 heterocycles. The second kappa shape index (κ2) is 8.69. The molecule has 186 valence electrons. The molecule has 2 N–H and O–H groups in total. The minimum absolute atomic E-state index is 0.494. The smallest absolute Gasteiger partial charge is 0.0795 e. The highest BCUT2D eigenvalue weighted by Crippen LogP contribution is 2.47. The molecule has 0 amide bonds. The SMILES string of the molecule is N=C1C=CC=C/C1=C(/Nn1c2ccccc2c2c3c4c(sc3c3ccccc3c21)CCC=C4)c1ccccc1. The predicted octanol–water partition coefficient (Wildman–Crippen LogP) is 9.22. The lowest BCUT2D eigenvalue weighted by Crippen LogP contribution is -2.17. The van der Waals surface area contributed by atoms with Crippen molar-refractivity contribution < 1.29 is 0 Å². The number of hydrogen-bond donors (Lipinski definition) is 2. The molecule has 0 unspecified atom stereocenters. The van der Waals surface area contributed by atoms with Crippen LogP contribution in [0.15, 0.2) is 115 Å². The summed E-state index contributed by atoms with van der Waals surface area (Å²) >= 11 is 1.96. The van der Waals surface area contributed by atoms with Gasteiger partial charge in [0, 0.05) is 47.6 Å². The Hall–Kier alpha value is -4.67. The van der Waals surface area contributed by atoms with Gasteiger partial charge in [0.1, 0.15) is 0 Å². The van der Waals surface area contributed by atoms with Crippen LogP contribution in [0.4, 0.5) is 0 Å². The van der Waals surface area contributed by atoms with Crippen molar-refractivity contribution in [1.29, 1.82) is 5.41 Å². The summed E-state index contributed by atoms with van der Waals surface area (Å²) in [6.07, 6.45) is 14.7. The van der Waals surface area contributed by atoms with E-state index in [2.05, 4.69) is 95.1 Å². The van der Waals surface area contributed by atoms with Crippen LogP contribution in [0.2, 0.25) is 0 Å². The van der Waals surface area contributed by atoms with Gasteiger partial charge in [-0.25, -0.2) is 0 Å². The van der Waals surface area contributed by atoms with Crippen LogP contribution in [0.3, 0.4) is 0 Å². The minimum Gasteiger partial charge on any atom is -0.300 e. The third-order valence-electron chi connectivity index (χ3n) is 7.88. The topological polar surface area (TPSA) is 40.8 Å². The van der Waals surface area contributed by atoms with Crippen molar-refractivity contribution in [2.24, 2.45) is 0 Å². The fraction of sp³-hybridized carbons (Fsp3) is 0.0571. The molecule has 0 fully saturated rings. The maximum atomic E-state index is 8.75. The predicted molar refractivity (Wildman–Crippen MR) is 168 cm³/mol. The lowest BCUT2D eigenvalue weighted by molar-refractivity contribution is 1.02. The second-order valence-corrected chi connectivity index (χ2v) is 11.2. The highest BCUT2D eigenvalue weighted by atomic mass is 32.1. The summed E-state index contributed by atoms with van der Waals surface area (Å²) in [6, 6.07) is 27.9. The average Bonchev–Trinajstić information content (AvgIpc) is 3.53. The molecular formula is C35H25N3S. The molecule has 2 aliphatic rings. The van der Waals surface area contributed by atoms with Gasteiger partial charge in [0.2, 0.25) is 0 Å². The first-order chi connectivity index (χ1) is 19.3. The van der Waals surface area contributed by atoms with Gasteiger partial charge in [-0.1, -0.05) is 103 Å². The van der Waals surface area contributed by atoms with Gasteiger partial charge in [0.15, 0.2) is 0 Å². The van der Waals surface area contributed by atoms with Crippen molar-refractivity contribution in [2.75, 3.05) is 5.43 Å². The van der Waals surface area contributed by atoms with E-state index in [1.807, 2.05) is 41.7 Å². The van der Waals surface area contributed by atoms with E-state index in [9.17, 15) is 0 Å². The quantitative estimate of drug-likeness (QED) is 0.240. The highest BCUT2D eigenvalue weighted by molar-refractivity contribution is 7.20. The zero-order chi connectivity index (χ0) is 25.9. The molecule has 6 aromatic rings. The molecule has 0 spiro atoms. The van der Waals surface area contributed by atoms with Crippen molar-refractivity contribution in [3.8, 4) is 0 Å². The third kappa shape index (κ3) is 3.32. The van der Waals surface area contributed by atoms with Crippen molar-refractivity contribution in [1.82, 2.24) is 4.68 Å². The normalized spacial score (nSPS) is 16.1. The number of aromatic nitrogens is 1. The molecule has 0 aliphatic heterocycles. The fourth-order valence-corrected chi connectivity index (χ4v) is 7.50. The Kier molecular flexibility index (Phi) is 4.97. The summed E-state index contributed by atoms with van der Waals surface area (Å²) in [7, 11) is 0. The van der Waals surface area contributed by atoms with Gasteiger partial charge in [-0.15, -0.1) is 11.3 Å². The van der Waals surface area contributed by atoms with Crippen molar-refractivity contribution in [3.05, 3.63) is 131 Å². The average molecular weight is 520 g/mol. The van der Waals surface area contributed by atoms with Crippen molar-refractivity contribution >= 4 is 71.5 Å². The first-order valence-corrected chi connectivity index (χ1v) is 14.2. The van der Waals surface area contributed by atoms with E-state index in [0.29, 0.717) is 5.71 Å². The number of nitrogens with one attached hydrogen (secondary N) is 2. The molecule has 0 radical (unpaired) electrons. The molecule has 8 rings (SSSR count). The summed E-state index contributed by atoms with van der Waals surface area (Å²) in [6.45, 7) is 0. The van der Waals surface area contributed by atoms with Crippen molar-refractivity contribution in [3.63, 3.8) is 0 Å². The zero-order valence-corrected chi connectivity index (χ0v) is 22.1. The van der Waals surface area contributed by atoms with Crippen LogP contribution in [0.1, 0.15) is 22.4 Å². The Morgan fingerprint density at radius 3 is 2.36 bits per heavy atom. The monoisotopic (exact) mass is 519 g/mol. The van der Waals surface area contributed by atoms with Gasteiger partial charge in [-0.2, -0.15) is 0 Å². The summed E-state index contributed by atoms with van der Waals surface area (Å²) in [5.41, 5.74) is 10.9. The summed E-state index contributed by atoms with van der Waals surface area (Å²) in [4.78, 5) is 1.48. The number of allylic oxidation sites excluding steroid dienone is 6. The number of rotatable bonds is 3. The number of aryl methyl sites for hydroxylation is 1. The molecule has 4 aromatic carbocycles. The van der Waals surface area contributed by atoms with E-state index in [1.165, 1.54) is 47.6 Å². The Balaban J connectivity index is 1.53. The van der Waals surface area contributed by atoms with Crippen LogP contribution in [0.25, 0.3) is 54.4 Å². The summed E-state index contributed by atoms with van der Waals surface area (Å²) < 4.78 is 3.64. The maximum Gasteiger partial charge on any atom is 0.0795 e. The second-order valence-electron chi connectivity index (χ2n) is 10.1. The van der Waals surface area contributed by atoms with Gasteiger partial charge in [0.25, 0.3) is 0 Å². The van der Waals surface area contributed by atoms with Gasteiger partial charge in [-0.05, 0) is 30.5 Å². The molecule has 3 nitrogen and oxygen atoms in total. The Morgan fingerprint density at radius 1 is 0.769 bits per heavy atom. The standard InChI is InChI=1S/C35H25N3S/c36-28-19-9-6-16-25(28)33(22-12-2-1-3-13-22)37-38-29-20-10-7-17-26(29)31-32-27-18-8-11-21-30(27)39-35(32)24-15-5-4-14-23(24)34(31)38/h1-10,12-20,36-37H,11,21H2/b33-25-,36-28?. The van der Waals surface area contributed by atoms with E-state index in [-0.39, 0.29) is 0 Å². The number of para-hydroxylation sites is 1. The molecular weight excluding hydrogens is 494 g/mol. The molecule has 39 heavy (non-hydrogen) atoms. The Bertz CT molecular complexity index is 2100. The molecule has 0 bridgehead atoms. The molecule has 0 saturated heterocycles. The van der Waals surface area contributed by atoms with E-state index >= 15 is 0 Å². The van der Waals surface area contributed by atoms with E-state index in [1.54, 1.807) is 0 Å². The molecule has 4 heteroatoms. The van der Waals surface area contributed by atoms with Crippen LogP contribution in [0, 0.1) is 5.41 Å². The van der Waals surface area contributed by atoms with Crippen molar-refractivity contribution in [2.45, 2.75) is 12.8 Å². The number of thiophene rings is 1. The molecule has 0 atom stereocenters.